The maximum Gasteiger partial charge on any atom is 0.159 e. The third-order valence-electron chi connectivity index (χ3n) is 11.7. The summed E-state index contributed by atoms with van der Waals surface area (Å²) in [4.78, 5) is 13.9. The van der Waals surface area contributed by atoms with Crippen molar-refractivity contribution >= 4 is 5.78 Å². The summed E-state index contributed by atoms with van der Waals surface area (Å²) < 4.78 is 0. The van der Waals surface area contributed by atoms with E-state index < -0.39 is 0 Å². The van der Waals surface area contributed by atoms with Crippen LogP contribution in [0.2, 0.25) is 0 Å². The van der Waals surface area contributed by atoms with Crippen LogP contribution >= 0.6 is 0 Å². The normalized spacial score (nSPS) is 43.7. The number of aliphatic hydroxyl groups is 2. The molecule has 0 unspecified atom stereocenters. The minimum atomic E-state index is -0.310. The molecule has 0 heterocycles. The fourth-order valence-corrected chi connectivity index (χ4v) is 9.16. The number of ketones is 1. The second-order valence-electron chi connectivity index (χ2n) is 13.5. The summed E-state index contributed by atoms with van der Waals surface area (Å²) in [6, 6.07) is 0. The van der Waals surface area contributed by atoms with Gasteiger partial charge in [0.2, 0.25) is 0 Å². The molecule has 4 rings (SSSR count). The van der Waals surface area contributed by atoms with E-state index in [4.69, 9.17) is 0 Å². The summed E-state index contributed by atoms with van der Waals surface area (Å²) in [5, 5.41) is 20.1. The van der Waals surface area contributed by atoms with Gasteiger partial charge in [0.25, 0.3) is 0 Å². The predicted molar refractivity (Wildman–Crippen MR) is 135 cm³/mol. The first-order chi connectivity index (χ1) is 15.3. The van der Waals surface area contributed by atoms with Gasteiger partial charge in [-0.25, -0.2) is 0 Å². The van der Waals surface area contributed by atoms with Crippen LogP contribution in [0.25, 0.3) is 0 Å². The van der Waals surface area contributed by atoms with E-state index in [-0.39, 0.29) is 40.3 Å². The van der Waals surface area contributed by atoms with E-state index in [0.717, 1.165) is 44.1 Å². The number of hydrogen-bond acceptors (Lipinski definition) is 3. The van der Waals surface area contributed by atoms with Gasteiger partial charge in [-0.2, -0.15) is 0 Å². The highest BCUT2D eigenvalue weighted by Gasteiger charge is 2.65. The molecule has 0 spiro atoms. The van der Waals surface area contributed by atoms with Gasteiger partial charge < -0.3 is 10.2 Å². The number of aliphatic hydroxyl groups excluding tert-OH is 2. The molecule has 2 saturated carbocycles. The minimum Gasteiger partial charge on any atom is -0.393 e. The Morgan fingerprint density at radius 2 is 1.82 bits per heavy atom. The van der Waals surface area contributed by atoms with Crippen LogP contribution in [-0.4, -0.2) is 28.7 Å². The summed E-state index contributed by atoms with van der Waals surface area (Å²) in [6.45, 7) is 16.3. The Bertz CT molecular complexity index is 866. The number of hydrogen-bond donors (Lipinski definition) is 2. The first-order valence-corrected chi connectivity index (χ1v) is 13.5. The zero-order valence-corrected chi connectivity index (χ0v) is 22.3. The van der Waals surface area contributed by atoms with E-state index in [1.54, 1.807) is 0 Å². The molecule has 0 aromatic rings. The number of Topliss-reactive ketones (excluding diaryl/α,β-unsaturated/α-hetero) is 1. The maximum atomic E-state index is 13.9. The second kappa shape index (κ2) is 8.33. The van der Waals surface area contributed by atoms with Crippen LogP contribution in [0.1, 0.15) is 106 Å². The molecule has 0 bridgehead atoms. The van der Waals surface area contributed by atoms with Gasteiger partial charge in [0.1, 0.15) is 0 Å². The smallest absolute Gasteiger partial charge is 0.159 e. The molecule has 0 aliphatic heterocycles. The summed E-state index contributed by atoms with van der Waals surface area (Å²) in [7, 11) is 0. The van der Waals surface area contributed by atoms with Crippen LogP contribution < -0.4 is 0 Å². The van der Waals surface area contributed by atoms with Gasteiger partial charge in [0, 0.05) is 17.4 Å². The summed E-state index contributed by atoms with van der Waals surface area (Å²) in [6.07, 6.45) is 11.1. The largest absolute Gasteiger partial charge is 0.393 e. The highest BCUT2D eigenvalue weighted by Crippen LogP contribution is 2.71. The van der Waals surface area contributed by atoms with Crippen LogP contribution in [0, 0.1) is 39.4 Å². The average molecular weight is 457 g/mol. The monoisotopic (exact) mass is 456 g/mol. The van der Waals surface area contributed by atoms with Crippen LogP contribution in [0.3, 0.4) is 0 Å². The lowest BCUT2D eigenvalue weighted by Gasteiger charge is -2.61. The van der Waals surface area contributed by atoms with Crippen molar-refractivity contribution in [3.05, 3.63) is 22.8 Å². The van der Waals surface area contributed by atoms with Crippen molar-refractivity contribution in [2.24, 2.45) is 39.4 Å². The molecule has 2 fully saturated rings. The molecule has 3 heteroatoms. The summed E-state index contributed by atoms with van der Waals surface area (Å²) >= 11 is 0. The van der Waals surface area contributed by atoms with Crippen LogP contribution in [0.4, 0.5) is 0 Å². The van der Waals surface area contributed by atoms with Crippen molar-refractivity contribution in [3.63, 3.8) is 0 Å². The average Bonchev–Trinajstić information content (AvgIpc) is 3.04. The van der Waals surface area contributed by atoms with Gasteiger partial charge in [0.15, 0.2) is 5.78 Å². The van der Waals surface area contributed by atoms with Gasteiger partial charge in [0.05, 0.1) is 12.7 Å². The van der Waals surface area contributed by atoms with Gasteiger partial charge in [-0.15, -0.1) is 0 Å². The Morgan fingerprint density at radius 3 is 2.48 bits per heavy atom. The van der Waals surface area contributed by atoms with Crippen molar-refractivity contribution < 1.29 is 15.0 Å². The van der Waals surface area contributed by atoms with E-state index in [1.807, 2.05) is 6.92 Å². The molecule has 0 aromatic heterocycles. The predicted octanol–water partition coefficient (Wildman–Crippen LogP) is 6.63. The number of rotatable bonds is 5. The quantitative estimate of drug-likeness (QED) is 0.456. The lowest BCUT2D eigenvalue weighted by Crippen LogP contribution is -2.57. The fraction of sp³-hybridized carbons (Fsp3) is 0.833. The van der Waals surface area contributed by atoms with Gasteiger partial charge in [-0.1, -0.05) is 58.8 Å². The van der Waals surface area contributed by atoms with Crippen molar-refractivity contribution in [1.29, 1.82) is 0 Å². The zero-order chi connectivity index (χ0) is 24.4. The van der Waals surface area contributed by atoms with E-state index in [2.05, 4.69) is 47.6 Å². The van der Waals surface area contributed by atoms with Gasteiger partial charge in [-0.3, -0.25) is 4.79 Å². The number of allylic oxidation sites excluding steroid dienone is 3. The fourth-order valence-electron chi connectivity index (χ4n) is 9.16. The lowest BCUT2D eigenvalue weighted by atomic mass is 9.43. The molecule has 4 aliphatic carbocycles. The summed E-state index contributed by atoms with van der Waals surface area (Å²) in [5.41, 5.74) is 3.73. The molecule has 7 atom stereocenters. The zero-order valence-electron chi connectivity index (χ0n) is 22.3. The minimum absolute atomic E-state index is 0.0262. The topological polar surface area (TPSA) is 57.5 Å². The Hall–Kier alpha value is -0.930. The first-order valence-electron chi connectivity index (χ1n) is 13.5. The van der Waals surface area contributed by atoms with E-state index in [9.17, 15) is 15.0 Å². The lowest BCUT2D eigenvalue weighted by molar-refractivity contribution is -0.134. The molecule has 2 N–H and O–H groups in total. The molecule has 4 aliphatic rings. The highest BCUT2D eigenvalue weighted by atomic mass is 16.3. The Kier molecular flexibility index (Phi) is 6.35. The third-order valence-corrected chi connectivity index (χ3v) is 11.7. The molecular formula is C30H48O3. The molecule has 0 radical (unpaired) electrons. The Balaban J connectivity index is 1.67. The highest BCUT2D eigenvalue weighted by molar-refractivity contribution is 5.99. The van der Waals surface area contributed by atoms with Gasteiger partial charge in [-0.05, 0) is 92.3 Å². The first kappa shape index (κ1) is 25.2. The molecule has 186 valence electrons. The standard InChI is InChI=1S/C30H48O3/c1-19(18-31)9-8-10-20(2)21-11-16-30(7)26-22(12-15-29(21,30)6)28(5)14-13-25(33)27(3,4)24(28)17-23(26)32/h9,20-21,24-25,31,33H,8,10-18H2,1-7H3/b19-9+/t20-,21-,24-,25+,28-,29-,30+/m1/s1. The maximum absolute atomic E-state index is 13.9. The van der Waals surface area contributed by atoms with Crippen LogP contribution in [0.5, 0.6) is 0 Å². The van der Waals surface area contributed by atoms with Crippen LogP contribution in [-0.2, 0) is 4.79 Å². The number of fused-ring (bicyclic) bond motifs is 4. The SMILES string of the molecule is C/C(=C\CC[C@@H](C)[C@H]1CC[C@@]2(C)C3=C(CC[C@]12C)[C@@]1(C)CC[C@H](O)C(C)(C)[C@H]1CC3=O)CO. The second-order valence-corrected chi connectivity index (χ2v) is 13.5. The van der Waals surface area contributed by atoms with Crippen LogP contribution in [0.15, 0.2) is 22.8 Å². The molecule has 33 heavy (non-hydrogen) atoms. The molecular weight excluding hydrogens is 408 g/mol. The van der Waals surface area contributed by atoms with E-state index >= 15 is 0 Å². The van der Waals surface area contributed by atoms with Gasteiger partial charge >= 0.3 is 0 Å². The summed E-state index contributed by atoms with van der Waals surface area (Å²) in [5.74, 6) is 1.89. The van der Waals surface area contributed by atoms with Crippen molar-refractivity contribution in [3.8, 4) is 0 Å². The Labute approximate surface area is 202 Å². The van der Waals surface area contributed by atoms with Crippen molar-refractivity contribution in [2.45, 2.75) is 112 Å². The van der Waals surface area contributed by atoms with E-state index in [1.165, 1.54) is 24.0 Å². The molecule has 0 aromatic carbocycles. The third kappa shape index (κ3) is 3.54. The van der Waals surface area contributed by atoms with E-state index in [0.29, 0.717) is 24.0 Å². The Morgan fingerprint density at radius 1 is 1.12 bits per heavy atom. The number of carbonyl (C=O) groups excluding carboxylic acids is 1. The van der Waals surface area contributed by atoms with Crippen molar-refractivity contribution in [2.75, 3.05) is 6.61 Å². The molecule has 0 amide bonds. The van der Waals surface area contributed by atoms with Crippen molar-refractivity contribution in [1.82, 2.24) is 0 Å². The molecule has 3 nitrogen and oxygen atoms in total. The molecule has 0 saturated heterocycles. The number of carbonyl (C=O) groups is 1.